The van der Waals surface area contributed by atoms with Crippen LogP contribution in [0.1, 0.15) is 25.3 Å². The zero-order valence-corrected chi connectivity index (χ0v) is 12.2. The number of nitrogens with two attached hydrogens (primary N) is 1. The largest absolute Gasteiger partial charge is 0.381 e. The lowest BCUT2D eigenvalue weighted by molar-refractivity contribution is 0.124. The Hall–Kier alpha value is -0.490. The fraction of sp³-hybridized carbons (Fsp3) is 0.538. The van der Waals surface area contributed by atoms with Gasteiger partial charge in [-0.3, -0.25) is 11.3 Å². The summed E-state index contributed by atoms with van der Waals surface area (Å²) in [5.74, 6) is 5.26. The number of ether oxygens (including phenoxy) is 1. The molecule has 0 aliphatic heterocycles. The van der Waals surface area contributed by atoms with E-state index in [2.05, 4.69) is 28.3 Å². The van der Waals surface area contributed by atoms with Crippen molar-refractivity contribution in [3.8, 4) is 0 Å². The number of halogens is 2. The molecule has 0 spiro atoms. The van der Waals surface area contributed by atoms with E-state index >= 15 is 0 Å². The van der Waals surface area contributed by atoms with Gasteiger partial charge in [0, 0.05) is 23.7 Å². The Morgan fingerprint density at radius 1 is 1.39 bits per heavy atom. The third kappa shape index (κ3) is 5.91. The Morgan fingerprint density at radius 3 is 2.78 bits per heavy atom. The molecule has 18 heavy (non-hydrogen) atoms. The van der Waals surface area contributed by atoms with Gasteiger partial charge in [-0.25, -0.2) is 4.39 Å². The zero-order valence-electron chi connectivity index (χ0n) is 10.6. The van der Waals surface area contributed by atoms with Gasteiger partial charge in [0.25, 0.3) is 0 Å². The molecule has 1 atom stereocenters. The maximum Gasteiger partial charge on any atom is 0.124 e. The van der Waals surface area contributed by atoms with E-state index in [1.54, 1.807) is 0 Å². The van der Waals surface area contributed by atoms with E-state index in [-0.39, 0.29) is 11.9 Å². The predicted molar refractivity (Wildman–Crippen MR) is 74.6 cm³/mol. The van der Waals surface area contributed by atoms with Crippen LogP contribution in [0.3, 0.4) is 0 Å². The van der Waals surface area contributed by atoms with Crippen LogP contribution in [0.5, 0.6) is 0 Å². The van der Waals surface area contributed by atoms with Crippen LogP contribution in [0.2, 0.25) is 0 Å². The molecule has 1 aromatic rings. The van der Waals surface area contributed by atoms with Gasteiger partial charge in [-0.15, -0.1) is 0 Å². The Labute approximate surface area is 116 Å². The van der Waals surface area contributed by atoms with Crippen LogP contribution < -0.4 is 11.3 Å². The Kier molecular flexibility index (Phi) is 7.42. The SMILES string of the molecule is CCCOCCC(Cc1cc(F)cc(Br)c1)NN. The first-order valence-corrected chi connectivity index (χ1v) is 6.93. The Morgan fingerprint density at radius 2 is 2.17 bits per heavy atom. The topological polar surface area (TPSA) is 47.3 Å². The fourth-order valence-corrected chi connectivity index (χ4v) is 2.24. The third-order valence-electron chi connectivity index (χ3n) is 2.60. The van der Waals surface area contributed by atoms with Gasteiger partial charge in [0.15, 0.2) is 0 Å². The van der Waals surface area contributed by atoms with Gasteiger partial charge in [-0.2, -0.15) is 0 Å². The lowest BCUT2D eigenvalue weighted by atomic mass is 10.0. The van der Waals surface area contributed by atoms with E-state index in [4.69, 9.17) is 10.6 Å². The van der Waals surface area contributed by atoms with Crippen molar-refractivity contribution in [2.24, 2.45) is 5.84 Å². The maximum absolute atomic E-state index is 13.2. The van der Waals surface area contributed by atoms with Crippen LogP contribution in [-0.2, 0) is 11.2 Å². The quantitative estimate of drug-likeness (QED) is 0.440. The third-order valence-corrected chi connectivity index (χ3v) is 3.06. The highest BCUT2D eigenvalue weighted by Gasteiger charge is 2.09. The molecule has 3 nitrogen and oxygen atoms in total. The minimum atomic E-state index is -0.239. The molecule has 1 rings (SSSR count). The van der Waals surface area contributed by atoms with Crippen LogP contribution in [0.4, 0.5) is 4.39 Å². The smallest absolute Gasteiger partial charge is 0.124 e. The number of hydrazine groups is 1. The van der Waals surface area contributed by atoms with Crippen molar-refractivity contribution >= 4 is 15.9 Å². The minimum Gasteiger partial charge on any atom is -0.381 e. The van der Waals surface area contributed by atoms with Gasteiger partial charge in [-0.1, -0.05) is 22.9 Å². The summed E-state index contributed by atoms with van der Waals surface area (Å²) in [6.07, 6.45) is 2.50. The van der Waals surface area contributed by atoms with Crippen LogP contribution >= 0.6 is 15.9 Å². The highest BCUT2D eigenvalue weighted by atomic mass is 79.9. The van der Waals surface area contributed by atoms with Gasteiger partial charge in [0.2, 0.25) is 0 Å². The predicted octanol–water partition coefficient (Wildman–Crippen LogP) is 2.78. The Balaban J connectivity index is 2.46. The lowest BCUT2D eigenvalue weighted by Crippen LogP contribution is -2.37. The van der Waals surface area contributed by atoms with Crippen molar-refractivity contribution in [2.75, 3.05) is 13.2 Å². The van der Waals surface area contributed by atoms with Gasteiger partial charge < -0.3 is 4.74 Å². The number of rotatable bonds is 8. The van der Waals surface area contributed by atoms with Crippen LogP contribution in [-0.4, -0.2) is 19.3 Å². The average molecular weight is 319 g/mol. The molecule has 5 heteroatoms. The van der Waals surface area contributed by atoms with Crippen molar-refractivity contribution in [2.45, 2.75) is 32.2 Å². The second-order valence-corrected chi connectivity index (χ2v) is 5.16. The summed E-state index contributed by atoms with van der Waals surface area (Å²) in [4.78, 5) is 0. The van der Waals surface area contributed by atoms with Gasteiger partial charge in [0.05, 0.1) is 0 Å². The lowest BCUT2D eigenvalue weighted by Gasteiger charge is -2.16. The summed E-state index contributed by atoms with van der Waals surface area (Å²) in [5, 5.41) is 0. The van der Waals surface area contributed by atoms with Gasteiger partial charge in [-0.05, 0) is 43.0 Å². The van der Waals surface area contributed by atoms with Crippen molar-refractivity contribution in [3.63, 3.8) is 0 Å². The second-order valence-electron chi connectivity index (χ2n) is 4.25. The molecule has 0 saturated heterocycles. The zero-order chi connectivity index (χ0) is 13.4. The number of hydrogen-bond donors (Lipinski definition) is 2. The first-order valence-electron chi connectivity index (χ1n) is 6.14. The van der Waals surface area contributed by atoms with Crippen LogP contribution in [0.15, 0.2) is 22.7 Å². The molecule has 3 N–H and O–H groups in total. The molecular weight excluding hydrogens is 299 g/mol. The normalized spacial score (nSPS) is 12.7. The van der Waals surface area contributed by atoms with Gasteiger partial charge >= 0.3 is 0 Å². The molecule has 0 fully saturated rings. The van der Waals surface area contributed by atoms with E-state index < -0.39 is 0 Å². The molecule has 102 valence electrons. The monoisotopic (exact) mass is 318 g/mol. The second kappa shape index (κ2) is 8.58. The van der Waals surface area contributed by atoms with E-state index in [1.807, 2.05) is 6.07 Å². The van der Waals surface area contributed by atoms with E-state index in [1.165, 1.54) is 12.1 Å². The van der Waals surface area contributed by atoms with Crippen molar-refractivity contribution < 1.29 is 9.13 Å². The maximum atomic E-state index is 13.2. The molecule has 0 bridgehead atoms. The van der Waals surface area contributed by atoms with Gasteiger partial charge in [0.1, 0.15) is 5.82 Å². The summed E-state index contributed by atoms with van der Waals surface area (Å²) in [5.41, 5.74) is 3.67. The number of nitrogens with one attached hydrogen (secondary N) is 1. The summed E-state index contributed by atoms with van der Waals surface area (Å²) in [6, 6.07) is 4.97. The van der Waals surface area contributed by atoms with Crippen molar-refractivity contribution in [3.05, 3.63) is 34.1 Å². The first kappa shape index (κ1) is 15.6. The molecule has 0 aliphatic rings. The molecule has 0 aliphatic carbocycles. The standard InChI is InChI=1S/C13H20BrFN2O/c1-2-4-18-5-3-13(17-16)8-10-6-11(14)9-12(15)7-10/h6-7,9,13,17H,2-5,8,16H2,1H3. The molecule has 0 aromatic heterocycles. The van der Waals surface area contributed by atoms with Crippen molar-refractivity contribution in [1.82, 2.24) is 5.43 Å². The van der Waals surface area contributed by atoms with E-state index in [9.17, 15) is 4.39 Å². The molecule has 0 heterocycles. The highest BCUT2D eigenvalue weighted by molar-refractivity contribution is 9.10. The highest BCUT2D eigenvalue weighted by Crippen LogP contribution is 2.16. The number of benzene rings is 1. The van der Waals surface area contributed by atoms with Crippen LogP contribution in [0.25, 0.3) is 0 Å². The first-order chi connectivity index (χ1) is 8.65. The van der Waals surface area contributed by atoms with Crippen molar-refractivity contribution in [1.29, 1.82) is 0 Å². The molecule has 0 radical (unpaired) electrons. The number of hydrogen-bond acceptors (Lipinski definition) is 3. The molecule has 0 saturated carbocycles. The molecule has 1 unspecified atom stereocenters. The van der Waals surface area contributed by atoms with E-state index in [0.29, 0.717) is 13.0 Å². The Bertz CT molecular complexity index is 343. The summed E-state index contributed by atoms with van der Waals surface area (Å²) in [7, 11) is 0. The minimum absolute atomic E-state index is 0.0931. The molecule has 1 aromatic carbocycles. The van der Waals surface area contributed by atoms with E-state index in [0.717, 1.165) is 29.5 Å². The summed E-state index contributed by atoms with van der Waals surface area (Å²) in [6.45, 7) is 3.50. The average Bonchev–Trinajstić information content (AvgIpc) is 2.32. The summed E-state index contributed by atoms with van der Waals surface area (Å²) >= 11 is 3.28. The van der Waals surface area contributed by atoms with Crippen LogP contribution in [0, 0.1) is 5.82 Å². The summed E-state index contributed by atoms with van der Waals surface area (Å²) < 4.78 is 19.4. The molecular formula is C13H20BrFN2O. The molecule has 0 amide bonds. The fourth-order valence-electron chi connectivity index (χ4n) is 1.73.